The summed E-state index contributed by atoms with van der Waals surface area (Å²) in [5, 5.41) is 3.61. The number of rotatable bonds is 8. The van der Waals surface area contributed by atoms with Crippen molar-refractivity contribution >= 4 is 32.6 Å². The van der Waals surface area contributed by atoms with Gasteiger partial charge in [-0.2, -0.15) is 0 Å². The molecule has 1 atom stereocenters. The van der Waals surface area contributed by atoms with E-state index in [0.717, 1.165) is 61.9 Å². The average molecular weight is 613 g/mol. The van der Waals surface area contributed by atoms with Gasteiger partial charge in [0.25, 0.3) is 10.0 Å². The van der Waals surface area contributed by atoms with E-state index in [1.165, 1.54) is 12.1 Å². The number of nitrogens with one attached hydrogen (secondary N) is 2. The molecule has 1 aliphatic heterocycles. The number of allylic oxidation sites excluding steroid dienone is 1. The van der Waals surface area contributed by atoms with Crippen molar-refractivity contribution in [3.8, 4) is 11.3 Å². The molecule has 4 aromatic rings. The first-order valence-electron chi connectivity index (χ1n) is 14.0. The smallest absolute Gasteiger partial charge is 0.264 e. The van der Waals surface area contributed by atoms with Gasteiger partial charge in [-0.1, -0.05) is 32.1 Å². The van der Waals surface area contributed by atoms with E-state index in [4.69, 9.17) is 15.5 Å². The first-order chi connectivity index (χ1) is 20.5. The van der Waals surface area contributed by atoms with Gasteiger partial charge in [0.15, 0.2) is 0 Å². The fourth-order valence-electron chi connectivity index (χ4n) is 5.52. The van der Waals surface area contributed by atoms with Gasteiger partial charge in [-0.15, -0.1) is 0 Å². The van der Waals surface area contributed by atoms with Crippen LogP contribution in [0.5, 0.6) is 0 Å². The first-order valence-corrected chi connectivity index (χ1v) is 15.5. The van der Waals surface area contributed by atoms with Crippen LogP contribution in [0.4, 0.5) is 24.7 Å². The number of hydrogen-bond donors (Lipinski definition) is 3. The molecule has 1 saturated heterocycles. The van der Waals surface area contributed by atoms with Crippen LogP contribution in [0.25, 0.3) is 22.3 Å². The molecule has 2 aromatic heterocycles. The topological polar surface area (TPSA) is 124 Å². The number of sulfonamides is 1. The zero-order valence-corrected chi connectivity index (χ0v) is 24.4. The van der Waals surface area contributed by atoms with Crippen molar-refractivity contribution < 1.29 is 26.3 Å². The number of nitrogens with zero attached hydrogens (tertiary/aromatic N) is 3. The largest absolute Gasteiger partial charge is 0.382 e. The predicted molar refractivity (Wildman–Crippen MR) is 157 cm³/mol. The highest BCUT2D eigenvalue weighted by molar-refractivity contribution is 7.92. The monoisotopic (exact) mass is 612 g/mol. The molecule has 0 spiro atoms. The Kier molecular flexibility index (Phi) is 7.65. The molecule has 6 rings (SSSR count). The van der Waals surface area contributed by atoms with E-state index in [-0.39, 0.29) is 23.0 Å². The molecule has 0 amide bonds. The minimum absolute atomic E-state index is 0.0800. The van der Waals surface area contributed by atoms with Gasteiger partial charge in [-0.05, 0) is 43.0 Å². The van der Waals surface area contributed by atoms with Crippen LogP contribution in [0.1, 0.15) is 50.5 Å². The summed E-state index contributed by atoms with van der Waals surface area (Å²) in [6, 6.07) is 6.91. The standard InChI is InChI=1S/C30H31F3N6O3S/c1-16(2)30-37-27(20-11-23(33)24(12-22(20)32)38-43(40,41)26-6-4-3-5-21(26)31)28-29(34)35-13-25(39(28)30)17-7-9-18(10-8-17)36-19-14-42-15-19/h3-7,11-13,16,18-19,36,38H,8-10,14-15H2,1-2H3,(H2,34,35)/t18-/m0/s1. The van der Waals surface area contributed by atoms with E-state index < -0.39 is 38.1 Å². The van der Waals surface area contributed by atoms with Gasteiger partial charge >= 0.3 is 0 Å². The van der Waals surface area contributed by atoms with E-state index in [0.29, 0.717) is 29.5 Å². The Morgan fingerprint density at radius 2 is 1.84 bits per heavy atom. The summed E-state index contributed by atoms with van der Waals surface area (Å²) in [7, 11) is -4.53. The SMILES string of the molecule is CC(C)c1nc(-c2cc(F)c(NS(=O)(=O)c3ccccc3F)cc2F)c2c(N)ncc(C3=CC[C@H](NC4COC4)CC3)n12. The van der Waals surface area contributed by atoms with Crippen LogP contribution in [0.15, 0.2) is 53.6 Å². The molecule has 0 radical (unpaired) electrons. The van der Waals surface area contributed by atoms with Crippen molar-refractivity contribution in [1.82, 2.24) is 19.7 Å². The van der Waals surface area contributed by atoms with Crippen molar-refractivity contribution in [2.45, 2.75) is 56.0 Å². The van der Waals surface area contributed by atoms with Crippen molar-refractivity contribution in [2.75, 3.05) is 23.7 Å². The lowest BCUT2D eigenvalue weighted by molar-refractivity contribution is -0.0103. The molecule has 43 heavy (non-hydrogen) atoms. The molecule has 226 valence electrons. The van der Waals surface area contributed by atoms with Crippen molar-refractivity contribution in [1.29, 1.82) is 0 Å². The van der Waals surface area contributed by atoms with Gasteiger partial charge in [0.05, 0.1) is 36.8 Å². The molecule has 3 heterocycles. The maximum atomic E-state index is 15.7. The van der Waals surface area contributed by atoms with Crippen LogP contribution < -0.4 is 15.8 Å². The fourth-order valence-corrected chi connectivity index (χ4v) is 6.66. The lowest BCUT2D eigenvalue weighted by atomic mass is 9.92. The Balaban J connectivity index is 1.39. The third-order valence-electron chi connectivity index (χ3n) is 7.76. The van der Waals surface area contributed by atoms with E-state index in [1.807, 2.05) is 23.0 Å². The second kappa shape index (κ2) is 11.3. The number of halogens is 3. The number of hydrogen-bond acceptors (Lipinski definition) is 7. The minimum Gasteiger partial charge on any atom is -0.382 e. The number of nitrogen functional groups attached to an aromatic ring is 1. The number of aromatic nitrogens is 3. The van der Waals surface area contributed by atoms with Crippen LogP contribution >= 0.6 is 0 Å². The van der Waals surface area contributed by atoms with Gasteiger partial charge in [0.2, 0.25) is 0 Å². The maximum Gasteiger partial charge on any atom is 0.264 e. The number of nitrogens with two attached hydrogens (primary N) is 1. The average Bonchev–Trinajstić information content (AvgIpc) is 3.35. The number of fused-ring (bicyclic) bond motifs is 1. The van der Waals surface area contributed by atoms with Crippen molar-refractivity contribution in [3.05, 3.63) is 77.6 Å². The second-order valence-corrected chi connectivity index (χ2v) is 12.8. The Bertz CT molecular complexity index is 1850. The highest BCUT2D eigenvalue weighted by Gasteiger charge is 2.28. The molecule has 0 saturated carbocycles. The van der Waals surface area contributed by atoms with Gasteiger partial charge < -0.3 is 15.8 Å². The van der Waals surface area contributed by atoms with Crippen LogP contribution in [-0.2, 0) is 14.8 Å². The molecule has 4 N–H and O–H groups in total. The number of benzene rings is 2. The summed E-state index contributed by atoms with van der Waals surface area (Å²) in [5.74, 6) is -2.48. The summed E-state index contributed by atoms with van der Waals surface area (Å²) < 4.78 is 79.7. The molecule has 2 aliphatic rings. The predicted octanol–water partition coefficient (Wildman–Crippen LogP) is 5.24. The maximum absolute atomic E-state index is 15.7. The molecular formula is C30H31F3N6O3S. The van der Waals surface area contributed by atoms with Crippen LogP contribution in [0, 0.1) is 17.5 Å². The summed E-state index contributed by atoms with van der Waals surface area (Å²) in [6.45, 7) is 5.32. The van der Waals surface area contributed by atoms with Gasteiger partial charge in [0, 0.05) is 23.6 Å². The first kappa shape index (κ1) is 29.1. The second-order valence-electron chi connectivity index (χ2n) is 11.1. The number of ether oxygens (including phenoxy) is 1. The van der Waals surface area contributed by atoms with Gasteiger partial charge in [0.1, 0.15) is 45.2 Å². The molecule has 2 aromatic carbocycles. The number of imidazole rings is 1. The zero-order valence-electron chi connectivity index (χ0n) is 23.6. The lowest BCUT2D eigenvalue weighted by Crippen LogP contribution is -2.50. The third kappa shape index (κ3) is 5.48. The molecular weight excluding hydrogens is 581 g/mol. The molecule has 1 aliphatic carbocycles. The minimum atomic E-state index is -4.53. The molecule has 1 fully saturated rings. The van der Waals surface area contributed by atoms with Crippen molar-refractivity contribution in [3.63, 3.8) is 0 Å². The van der Waals surface area contributed by atoms with E-state index in [9.17, 15) is 12.8 Å². The van der Waals surface area contributed by atoms with Gasteiger partial charge in [-0.3, -0.25) is 9.12 Å². The Morgan fingerprint density at radius 1 is 1.07 bits per heavy atom. The molecule has 0 unspecified atom stereocenters. The Morgan fingerprint density at radius 3 is 2.49 bits per heavy atom. The third-order valence-corrected chi connectivity index (χ3v) is 9.16. The quantitative estimate of drug-likeness (QED) is 0.249. The van der Waals surface area contributed by atoms with Gasteiger partial charge in [-0.25, -0.2) is 31.6 Å². The lowest BCUT2D eigenvalue weighted by Gasteiger charge is -2.33. The van der Waals surface area contributed by atoms with Crippen molar-refractivity contribution in [2.24, 2.45) is 0 Å². The summed E-state index contributed by atoms with van der Waals surface area (Å²) in [6.07, 6.45) is 6.35. The normalized spacial score (nSPS) is 17.7. The van der Waals surface area contributed by atoms with Crippen LogP contribution in [0.3, 0.4) is 0 Å². The van der Waals surface area contributed by atoms with E-state index in [1.54, 1.807) is 6.20 Å². The molecule has 13 heteroatoms. The fraction of sp³-hybridized carbons (Fsp3) is 0.333. The summed E-state index contributed by atoms with van der Waals surface area (Å²) >= 11 is 0. The highest BCUT2D eigenvalue weighted by Crippen LogP contribution is 2.38. The van der Waals surface area contributed by atoms with E-state index >= 15 is 8.78 Å². The van der Waals surface area contributed by atoms with E-state index in [2.05, 4.69) is 16.4 Å². The Hall–Kier alpha value is -3.94. The summed E-state index contributed by atoms with van der Waals surface area (Å²) in [5.41, 5.74) is 7.67. The van der Waals surface area contributed by atoms with Crippen LogP contribution in [0.2, 0.25) is 0 Å². The number of anilines is 2. The molecule has 9 nitrogen and oxygen atoms in total. The van der Waals surface area contributed by atoms with Crippen LogP contribution in [-0.4, -0.2) is 48.1 Å². The highest BCUT2D eigenvalue weighted by atomic mass is 32.2. The molecule has 0 bridgehead atoms. The summed E-state index contributed by atoms with van der Waals surface area (Å²) in [4.78, 5) is 8.41. The Labute approximate surface area is 247 Å². The zero-order chi connectivity index (χ0) is 30.5.